The first-order valence-corrected chi connectivity index (χ1v) is 6.40. The summed E-state index contributed by atoms with van der Waals surface area (Å²) < 4.78 is 6.02. The van der Waals surface area contributed by atoms with E-state index in [0.29, 0.717) is 6.10 Å². The van der Waals surface area contributed by atoms with E-state index in [1.54, 1.807) is 0 Å². The highest BCUT2D eigenvalue weighted by molar-refractivity contribution is 5.98. The number of benzene rings is 1. The number of hydrogen-bond donors (Lipinski definition) is 1. The Kier molecular flexibility index (Phi) is 2.85. The van der Waals surface area contributed by atoms with Crippen LogP contribution >= 0.6 is 0 Å². The van der Waals surface area contributed by atoms with E-state index in [1.165, 1.54) is 19.3 Å². The zero-order valence-electron chi connectivity index (χ0n) is 9.82. The van der Waals surface area contributed by atoms with Crippen molar-refractivity contribution in [1.82, 2.24) is 5.32 Å². The second-order valence-corrected chi connectivity index (χ2v) is 4.84. The van der Waals surface area contributed by atoms with E-state index in [1.807, 2.05) is 24.3 Å². The van der Waals surface area contributed by atoms with Crippen molar-refractivity contribution in [2.24, 2.45) is 0 Å². The minimum absolute atomic E-state index is 0.0126. The van der Waals surface area contributed by atoms with Gasteiger partial charge in [0.05, 0.1) is 6.10 Å². The summed E-state index contributed by atoms with van der Waals surface area (Å²) in [5, 5.41) is 2.91. The van der Waals surface area contributed by atoms with Crippen molar-refractivity contribution < 1.29 is 9.53 Å². The maximum atomic E-state index is 11.7. The number of hydrogen-bond acceptors (Lipinski definition) is 2. The van der Waals surface area contributed by atoms with Crippen LogP contribution in [-0.4, -0.2) is 12.0 Å². The van der Waals surface area contributed by atoms with Crippen LogP contribution in [0, 0.1) is 0 Å². The Labute approximate surface area is 101 Å². The van der Waals surface area contributed by atoms with Crippen molar-refractivity contribution in [2.75, 3.05) is 0 Å². The number of ether oxygens (including phenoxy) is 1. The average Bonchev–Trinajstić information content (AvgIpc) is 2.69. The van der Waals surface area contributed by atoms with Crippen LogP contribution in [-0.2, 0) is 4.74 Å². The first-order valence-electron chi connectivity index (χ1n) is 6.40. The molecule has 1 fully saturated rings. The van der Waals surface area contributed by atoms with E-state index in [4.69, 9.17) is 4.74 Å². The lowest BCUT2D eigenvalue weighted by Crippen LogP contribution is -2.27. The lowest BCUT2D eigenvalue weighted by atomic mass is 9.97. The zero-order chi connectivity index (χ0) is 11.7. The molecule has 0 spiro atoms. The van der Waals surface area contributed by atoms with E-state index in [0.717, 1.165) is 24.0 Å². The number of nitrogens with one attached hydrogen (secondary N) is 1. The van der Waals surface area contributed by atoms with Gasteiger partial charge < -0.3 is 10.1 Å². The van der Waals surface area contributed by atoms with E-state index < -0.39 is 0 Å². The Balaban J connectivity index is 1.75. The number of rotatable bonds is 2. The van der Waals surface area contributed by atoms with Crippen LogP contribution in [0.5, 0.6) is 0 Å². The van der Waals surface area contributed by atoms with Crippen molar-refractivity contribution in [3.05, 3.63) is 35.4 Å². The molecule has 3 heteroatoms. The Morgan fingerprint density at radius 3 is 2.71 bits per heavy atom. The highest BCUT2D eigenvalue weighted by Crippen LogP contribution is 2.30. The molecule has 3 rings (SSSR count). The first-order chi connectivity index (χ1) is 8.34. The molecule has 1 amide bonds. The molecule has 1 aliphatic carbocycles. The molecular weight excluding hydrogens is 214 g/mol. The lowest BCUT2D eigenvalue weighted by molar-refractivity contribution is -0.0397. The number of carbonyl (C=O) groups is 1. The molecule has 17 heavy (non-hydrogen) atoms. The van der Waals surface area contributed by atoms with Crippen molar-refractivity contribution in [2.45, 2.75) is 44.4 Å². The summed E-state index contributed by atoms with van der Waals surface area (Å²) in [5.74, 6) is -0.0126. The Hall–Kier alpha value is -1.35. The van der Waals surface area contributed by atoms with Gasteiger partial charge in [0.25, 0.3) is 5.91 Å². The molecule has 1 aliphatic heterocycles. The third-order valence-corrected chi connectivity index (χ3v) is 3.63. The van der Waals surface area contributed by atoms with Gasteiger partial charge in [-0.15, -0.1) is 0 Å². The van der Waals surface area contributed by atoms with Crippen LogP contribution in [0.4, 0.5) is 0 Å². The number of carbonyl (C=O) groups excluding carboxylic acids is 1. The SMILES string of the molecule is O=C1NC(OC2CCCCC2)c2ccccc21. The van der Waals surface area contributed by atoms with Gasteiger partial charge in [-0.3, -0.25) is 4.79 Å². The monoisotopic (exact) mass is 231 g/mol. The lowest BCUT2D eigenvalue weighted by Gasteiger charge is -2.25. The summed E-state index contributed by atoms with van der Waals surface area (Å²) >= 11 is 0. The summed E-state index contributed by atoms with van der Waals surface area (Å²) in [7, 11) is 0. The van der Waals surface area contributed by atoms with Crippen LogP contribution in [0.15, 0.2) is 24.3 Å². The maximum Gasteiger partial charge on any atom is 0.253 e. The summed E-state index contributed by atoms with van der Waals surface area (Å²) in [4.78, 5) is 11.7. The van der Waals surface area contributed by atoms with Crippen molar-refractivity contribution in [1.29, 1.82) is 0 Å². The van der Waals surface area contributed by atoms with Crippen LogP contribution < -0.4 is 5.32 Å². The molecule has 0 saturated heterocycles. The largest absolute Gasteiger partial charge is 0.351 e. The second kappa shape index (κ2) is 4.49. The van der Waals surface area contributed by atoms with Gasteiger partial charge in [0.1, 0.15) is 0 Å². The molecule has 90 valence electrons. The Bertz CT molecular complexity index is 424. The topological polar surface area (TPSA) is 38.3 Å². The fourth-order valence-electron chi connectivity index (χ4n) is 2.71. The van der Waals surface area contributed by atoms with Crippen molar-refractivity contribution >= 4 is 5.91 Å². The second-order valence-electron chi connectivity index (χ2n) is 4.84. The van der Waals surface area contributed by atoms with Crippen LogP contribution in [0.1, 0.15) is 54.3 Å². The third-order valence-electron chi connectivity index (χ3n) is 3.63. The molecule has 1 aromatic carbocycles. The summed E-state index contributed by atoms with van der Waals surface area (Å²) in [5.41, 5.74) is 1.75. The van der Waals surface area contributed by atoms with Gasteiger partial charge in [0.2, 0.25) is 0 Å². The van der Waals surface area contributed by atoms with Gasteiger partial charge in [-0.1, -0.05) is 37.5 Å². The average molecular weight is 231 g/mol. The third kappa shape index (κ3) is 2.07. The molecule has 1 heterocycles. The van der Waals surface area contributed by atoms with Gasteiger partial charge in [-0.05, 0) is 18.9 Å². The highest BCUT2D eigenvalue weighted by atomic mass is 16.5. The summed E-state index contributed by atoms with van der Waals surface area (Å²) in [6, 6.07) is 7.67. The Morgan fingerprint density at radius 1 is 1.12 bits per heavy atom. The molecule has 1 N–H and O–H groups in total. The normalized spacial score (nSPS) is 24.5. The quantitative estimate of drug-likeness (QED) is 0.850. The molecule has 1 atom stereocenters. The fourth-order valence-corrected chi connectivity index (χ4v) is 2.71. The molecule has 0 radical (unpaired) electrons. The fraction of sp³-hybridized carbons (Fsp3) is 0.500. The van der Waals surface area contributed by atoms with Crippen molar-refractivity contribution in [3.8, 4) is 0 Å². The standard InChI is InChI=1S/C14H17NO2/c16-13-11-8-4-5-9-12(11)14(15-13)17-10-6-2-1-3-7-10/h4-5,8-10,14H,1-3,6-7H2,(H,15,16). The molecule has 2 aliphatic rings. The van der Waals surface area contributed by atoms with E-state index in [2.05, 4.69) is 5.32 Å². The van der Waals surface area contributed by atoms with E-state index in [-0.39, 0.29) is 12.1 Å². The van der Waals surface area contributed by atoms with Gasteiger partial charge >= 0.3 is 0 Å². The van der Waals surface area contributed by atoms with Crippen LogP contribution in [0.3, 0.4) is 0 Å². The number of amides is 1. The zero-order valence-corrected chi connectivity index (χ0v) is 9.82. The smallest absolute Gasteiger partial charge is 0.253 e. The first kappa shape index (κ1) is 10.8. The van der Waals surface area contributed by atoms with Crippen molar-refractivity contribution in [3.63, 3.8) is 0 Å². The molecule has 0 bridgehead atoms. The predicted molar refractivity (Wildman–Crippen MR) is 64.6 cm³/mol. The van der Waals surface area contributed by atoms with Gasteiger partial charge in [-0.2, -0.15) is 0 Å². The van der Waals surface area contributed by atoms with Gasteiger partial charge in [0, 0.05) is 11.1 Å². The van der Waals surface area contributed by atoms with Gasteiger partial charge in [0.15, 0.2) is 6.23 Å². The molecule has 0 aromatic heterocycles. The van der Waals surface area contributed by atoms with E-state index in [9.17, 15) is 4.79 Å². The number of fused-ring (bicyclic) bond motifs is 1. The molecule has 1 saturated carbocycles. The van der Waals surface area contributed by atoms with Gasteiger partial charge in [-0.25, -0.2) is 0 Å². The minimum atomic E-state index is -0.234. The summed E-state index contributed by atoms with van der Waals surface area (Å²) in [6.07, 6.45) is 6.11. The predicted octanol–water partition coefficient (Wildman–Crippen LogP) is 2.78. The summed E-state index contributed by atoms with van der Waals surface area (Å²) in [6.45, 7) is 0. The molecule has 3 nitrogen and oxygen atoms in total. The molecular formula is C14H17NO2. The molecule has 1 unspecified atom stereocenters. The van der Waals surface area contributed by atoms with Crippen LogP contribution in [0.2, 0.25) is 0 Å². The Morgan fingerprint density at radius 2 is 1.88 bits per heavy atom. The van der Waals surface area contributed by atoms with E-state index >= 15 is 0 Å². The molecule has 1 aromatic rings. The minimum Gasteiger partial charge on any atom is -0.351 e. The maximum absolute atomic E-state index is 11.7. The van der Waals surface area contributed by atoms with Crippen LogP contribution in [0.25, 0.3) is 0 Å². The highest BCUT2D eigenvalue weighted by Gasteiger charge is 2.30.